The first-order valence-corrected chi connectivity index (χ1v) is 10.4. The van der Waals surface area contributed by atoms with Crippen LogP contribution in [-0.2, 0) is 4.57 Å². The predicted octanol–water partition coefficient (Wildman–Crippen LogP) is 2.40. The Balaban J connectivity index is 1.53. The summed E-state index contributed by atoms with van der Waals surface area (Å²) in [4.78, 5) is 25.6. The molecule has 28 heavy (non-hydrogen) atoms. The topological polar surface area (TPSA) is 122 Å². The normalized spacial score (nSPS) is 15.3. The second-order valence-electron chi connectivity index (χ2n) is 6.20. The van der Waals surface area contributed by atoms with E-state index in [0.717, 1.165) is 11.0 Å². The third-order valence-electron chi connectivity index (χ3n) is 4.12. The van der Waals surface area contributed by atoms with Gasteiger partial charge in [0.15, 0.2) is 11.6 Å². The first-order valence-electron chi connectivity index (χ1n) is 8.47. The van der Waals surface area contributed by atoms with Crippen LogP contribution in [0.15, 0.2) is 42.5 Å². The number of hydrogen-bond donors (Lipinski definition) is 3. The molecule has 2 aromatic rings. The van der Waals surface area contributed by atoms with Gasteiger partial charge >= 0.3 is 0 Å². The van der Waals surface area contributed by atoms with Crippen molar-refractivity contribution < 1.29 is 28.4 Å². The molecule has 0 aliphatic carbocycles. The van der Waals surface area contributed by atoms with Crippen LogP contribution in [0.4, 0.5) is 10.1 Å². The number of imide groups is 1. The fraction of sp³-hybridized carbons (Fsp3) is 0.222. The molecule has 1 aliphatic heterocycles. The molecule has 8 nitrogen and oxygen atoms in total. The van der Waals surface area contributed by atoms with Gasteiger partial charge in [-0.05, 0) is 30.7 Å². The van der Waals surface area contributed by atoms with Crippen LogP contribution in [0.2, 0.25) is 0 Å². The Labute approximate surface area is 160 Å². The summed E-state index contributed by atoms with van der Waals surface area (Å²) in [5.74, 6) is -1.44. The van der Waals surface area contributed by atoms with Crippen LogP contribution in [0.3, 0.4) is 0 Å². The van der Waals surface area contributed by atoms with Gasteiger partial charge in [-0.15, -0.1) is 0 Å². The molecule has 10 heteroatoms. The number of halogens is 1. The van der Waals surface area contributed by atoms with Gasteiger partial charge in [0, 0.05) is 18.3 Å². The SMILES string of the molecule is NP(=O)(CO)Nc1ccc(OCCCN2C(=O)c3ccccc3C2=O)c(F)c1. The van der Waals surface area contributed by atoms with E-state index in [-0.39, 0.29) is 36.4 Å². The number of ether oxygens (including phenoxy) is 1. The van der Waals surface area contributed by atoms with Crippen molar-refractivity contribution in [2.24, 2.45) is 5.50 Å². The predicted molar refractivity (Wildman–Crippen MR) is 101 cm³/mol. The zero-order valence-electron chi connectivity index (χ0n) is 14.8. The summed E-state index contributed by atoms with van der Waals surface area (Å²) in [6.45, 7) is 0.240. The molecule has 0 bridgehead atoms. The molecule has 0 saturated carbocycles. The molecule has 2 amide bonds. The summed E-state index contributed by atoms with van der Waals surface area (Å²) < 4.78 is 31.1. The summed E-state index contributed by atoms with van der Waals surface area (Å²) >= 11 is 0. The molecule has 1 atom stereocenters. The van der Waals surface area contributed by atoms with Crippen molar-refractivity contribution in [1.29, 1.82) is 0 Å². The third-order valence-corrected chi connectivity index (χ3v) is 5.18. The Morgan fingerprint density at radius 3 is 2.36 bits per heavy atom. The van der Waals surface area contributed by atoms with Gasteiger partial charge in [-0.1, -0.05) is 12.1 Å². The maximum absolute atomic E-state index is 14.1. The van der Waals surface area contributed by atoms with Crippen LogP contribution in [0.1, 0.15) is 27.1 Å². The molecule has 0 radical (unpaired) electrons. The van der Waals surface area contributed by atoms with Crippen molar-refractivity contribution >= 4 is 24.9 Å². The molecule has 0 spiro atoms. The highest BCUT2D eigenvalue weighted by atomic mass is 31.2. The molecule has 1 unspecified atom stereocenters. The Morgan fingerprint density at radius 1 is 1.14 bits per heavy atom. The summed E-state index contributed by atoms with van der Waals surface area (Å²) in [7, 11) is -3.48. The van der Waals surface area contributed by atoms with Crippen molar-refractivity contribution in [1.82, 2.24) is 4.90 Å². The van der Waals surface area contributed by atoms with Crippen LogP contribution in [-0.4, -0.2) is 41.3 Å². The number of carbonyl (C=O) groups is 2. The number of aliphatic hydroxyl groups excluding tert-OH is 1. The van der Waals surface area contributed by atoms with Crippen LogP contribution in [0.25, 0.3) is 0 Å². The molecule has 0 fully saturated rings. The average Bonchev–Trinajstić information content (AvgIpc) is 2.91. The number of nitrogens with one attached hydrogen (secondary N) is 1. The largest absolute Gasteiger partial charge is 0.490 e. The number of anilines is 1. The minimum absolute atomic E-state index is 0.0382. The zero-order chi connectivity index (χ0) is 20.3. The number of carbonyl (C=O) groups excluding carboxylic acids is 2. The van der Waals surface area contributed by atoms with Crippen LogP contribution >= 0.6 is 7.44 Å². The lowest BCUT2D eigenvalue weighted by molar-refractivity contribution is 0.0646. The van der Waals surface area contributed by atoms with Gasteiger partial charge in [0.1, 0.15) is 6.35 Å². The first kappa shape index (κ1) is 20.0. The van der Waals surface area contributed by atoms with E-state index in [9.17, 15) is 18.5 Å². The van der Waals surface area contributed by atoms with Gasteiger partial charge in [-0.3, -0.25) is 24.6 Å². The van der Waals surface area contributed by atoms with Gasteiger partial charge in [0.2, 0.25) is 0 Å². The van der Waals surface area contributed by atoms with Crippen molar-refractivity contribution in [3.05, 3.63) is 59.4 Å². The molecule has 2 aromatic carbocycles. The quantitative estimate of drug-likeness (QED) is 0.349. The summed E-state index contributed by atoms with van der Waals surface area (Å²) in [6.07, 6.45) is -0.432. The summed E-state index contributed by atoms with van der Waals surface area (Å²) in [5, 5.41) is 11.3. The number of nitrogens with zero attached hydrogens (tertiary/aromatic N) is 1. The van der Waals surface area contributed by atoms with E-state index in [1.807, 2.05) is 0 Å². The van der Waals surface area contributed by atoms with E-state index in [1.165, 1.54) is 12.1 Å². The Hall–Kier alpha value is -2.74. The van der Waals surface area contributed by atoms with E-state index in [4.69, 9.17) is 15.3 Å². The number of nitrogens with two attached hydrogens (primary N) is 1. The van der Waals surface area contributed by atoms with Crippen LogP contribution < -0.4 is 15.3 Å². The Kier molecular flexibility index (Phi) is 5.79. The molecular formula is C18H19FN3O5P. The van der Waals surface area contributed by atoms with Crippen molar-refractivity contribution in [2.45, 2.75) is 6.42 Å². The second kappa shape index (κ2) is 8.10. The standard InChI is InChI=1S/C18H19FN3O5P/c19-15-10-12(21-28(20,26)11-23)6-7-16(15)27-9-3-8-22-17(24)13-4-1-2-5-14(13)18(22)25/h1-2,4-7,10,23H,3,8-9,11H2,(H3,20,21,26). The van der Waals surface area contributed by atoms with E-state index in [2.05, 4.69) is 5.09 Å². The number of aliphatic hydroxyl groups is 1. The fourth-order valence-electron chi connectivity index (χ4n) is 2.79. The number of fused-ring (bicyclic) bond motifs is 1. The number of rotatable bonds is 8. The maximum atomic E-state index is 14.1. The smallest absolute Gasteiger partial charge is 0.261 e. The van der Waals surface area contributed by atoms with Gasteiger partial charge in [-0.2, -0.15) is 0 Å². The van der Waals surface area contributed by atoms with E-state index in [1.54, 1.807) is 24.3 Å². The monoisotopic (exact) mass is 407 g/mol. The van der Waals surface area contributed by atoms with Gasteiger partial charge < -0.3 is 14.9 Å². The lowest BCUT2D eigenvalue weighted by Gasteiger charge is -2.15. The van der Waals surface area contributed by atoms with Gasteiger partial charge in [0.25, 0.3) is 19.3 Å². The molecule has 1 aliphatic rings. The Morgan fingerprint density at radius 2 is 1.79 bits per heavy atom. The number of amides is 2. The molecule has 148 valence electrons. The molecule has 0 saturated heterocycles. The summed E-state index contributed by atoms with van der Waals surface area (Å²) in [5.41, 5.74) is 6.23. The van der Waals surface area contributed by atoms with E-state index < -0.39 is 19.6 Å². The Bertz CT molecular complexity index is 933. The average molecular weight is 407 g/mol. The highest BCUT2D eigenvalue weighted by molar-refractivity contribution is 7.62. The number of hydrogen-bond acceptors (Lipinski definition) is 5. The van der Waals surface area contributed by atoms with Crippen molar-refractivity contribution in [3.63, 3.8) is 0 Å². The van der Waals surface area contributed by atoms with Gasteiger partial charge in [0.05, 0.1) is 17.7 Å². The first-order chi connectivity index (χ1) is 13.3. The minimum atomic E-state index is -3.48. The van der Waals surface area contributed by atoms with Crippen LogP contribution in [0, 0.1) is 5.82 Å². The van der Waals surface area contributed by atoms with Crippen molar-refractivity contribution in [2.75, 3.05) is 24.6 Å². The molecule has 3 rings (SSSR count). The highest BCUT2D eigenvalue weighted by Gasteiger charge is 2.34. The highest BCUT2D eigenvalue weighted by Crippen LogP contribution is 2.36. The second-order valence-corrected chi connectivity index (χ2v) is 8.30. The third kappa shape index (κ3) is 4.22. The van der Waals surface area contributed by atoms with Crippen LogP contribution in [0.5, 0.6) is 5.75 Å². The van der Waals surface area contributed by atoms with Crippen molar-refractivity contribution in [3.8, 4) is 5.75 Å². The minimum Gasteiger partial charge on any atom is -0.490 e. The summed E-state index contributed by atoms with van der Waals surface area (Å²) in [6, 6.07) is 10.4. The molecular weight excluding hydrogens is 388 g/mol. The molecule has 0 aromatic heterocycles. The molecule has 1 heterocycles. The van der Waals surface area contributed by atoms with E-state index in [0.29, 0.717) is 17.5 Å². The van der Waals surface area contributed by atoms with Gasteiger partial charge in [-0.25, -0.2) is 4.39 Å². The zero-order valence-corrected chi connectivity index (χ0v) is 15.7. The molecule has 4 N–H and O–H groups in total. The lowest BCUT2D eigenvalue weighted by Crippen LogP contribution is -2.31. The number of benzene rings is 2. The van der Waals surface area contributed by atoms with E-state index >= 15 is 0 Å². The lowest BCUT2D eigenvalue weighted by atomic mass is 10.1. The maximum Gasteiger partial charge on any atom is 0.261 e. The fourth-order valence-corrected chi connectivity index (χ4v) is 3.44.